The van der Waals surface area contributed by atoms with Crippen LogP contribution in [0.1, 0.15) is 27.0 Å². The fraction of sp³-hybridized carbons (Fsp3) is 0.188. The van der Waals surface area contributed by atoms with Crippen LogP contribution in [0.15, 0.2) is 42.5 Å². The Labute approximate surface area is 113 Å². The lowest BCUT2D eigenvalue weighted by Crippen LogP contribution is -2.10. The van der Waals surface area contributed by atoms with Crippen molar-refractivity contribution in [1.29, 1.82) is 0 Å². The number of hydrogen-bond acceptors (Lipinski definition) is 2. The van der Waals surface area contributed by atoms with Crippen LogP contribution in [0.3, 0.4) is 0 Å². The molecular weight excluding hydrogens is 236 g/mol. The Bertz CT molecular complexity index is 588. The Morgan fingerprint density at radius 3 is 2.32 bits per heavy atom. The second-order valence-corrected chi connectivity index (χ2v) is 4.71. The van der Waals surface area contributed by atoms with Crippen LogP contribution < -0.4 is 11.1 Å². The van der Waals surface area contributed by atoms with Crippen LogP contribution in [0.5, 0.6) is 0 Å². The predicted molar refractivity (Wildman–Crippen MR) is 78.2 cm³/mol. The third-order valence-corrected chi connectivity index (χ3v) is 3.24. The number of carbonyl (C=O) groups is 1. The summed E-state index contributed by atoms with van der Waals surface area (Å²) in [5.74, 6) is -0.402. The number of aryl methyl sites for hydroxylation is 2. The van der Waals surface area contributed by atoms with Gasteiger partial charge < -0.3 is 11.1 Å². The van der Waals surface area contributed by atoms with Gasteiger partial charge in [0, 0.05) is 17.8 Å². The van der Waals surface area contributed by atoms with Gasteiger partial charge in [-0.1, -0.05) is 18.2 Å². The van der Waals surface area contributed by atoms with E-state index >= 15 is 0 Å². The molecule has 3 heteroatoms. The fourth-order valence-corrected chi connectivity index (χ4v) is 1.87. The number of rotatable bonds is 4. The Morgan fingerprint density at radius 1 is 1.05 bits per heavy atom. The minimum atomic E-state index is -0.402. The maximum Gasteiger partial charge on any atom is 0.248 e. The second kappa shape index (κ2) is 5.57. The average Bonchev–Trinajstić information content (AvgIpc) is 2.40. The zero-order valence-corrected chi connectivity index (χ0v) is 11.2. The molecule has 3 N–H and O–H groups in total. The van der Waals surface area contributed by atoms with E-state index in [9.17, 15) is 4.79 Å². The Balaban J connectivity index is 2.01. The molecule has 0 heterocycles. The largest absolute Gasteiger partial charge is 0.381 e. The minimum Gasteiger partial charge on any atom is -0.381 e. The summed E-state index contributed by atoms with van der Waals surface area (Å²) < 4.78 is 0. The Hall–Kier alpha value is -2.29. The van der Waals surface area contributed by atoms with Crippen LogP contribution in [0.25, 0.3) is 0 Å². The summed E-state index contributed by atoms with van der Waals surface area (Å²) in [6, 6.07) is 13.6. The number of benzene rings is 2. The monoisotopic (exact) mass is 254 g/mol. The van der Waals surface area contributed by atoms with Crippen molar-refractivity contribution >= 4 is 11.6 Å². The highest BCUT2D eigenvalue weighted by atomic mass is 16.1. The van der Waals surface area contributed by atoms with Gasteiger partial charge in [-0.3, -0.25) is 4.79 Å². The summed E-state index contributed by atoms with van der Waals surface area (Å²) in [6.07, 6.45) is 0. The quantitative estimate of drug-likeness (QED) is 0.881. The first-order valence-corrected chi connectivity index (χ1v) is 6.26. The number of nitrogens with two attached hydrogens (primary N) is 1. The standard InChI is InChI=1S/C16H18N2O/c1-11-3-4-13(9-12(11)2)10-18-15-7-5-14(6-8-15)16(17)19/h3-9,18H,10H2,1-2H3,(H2,17,19). The van der Waals surface area contributed by atoms with Crippen LogP contribution in [-0.2, 0) is 6.54 Å². The van der Waals surface area contributed by atoms with E-state index in [-0.39, 0.29) is 0 Å². The van der Waals surface area contributed by atoms with E-state index in [0.29, 0.717) is 5.56 Å². The lowest BCUT2D eigenvalue weighted by atomic mass is 10.1. The molecule has 0 aliphatic rings. The molecule has 2 aromatic rings. The summed E-state index contributed by atoms with van der Waals surface area (Å²) in [5, 5.41) is 3.32. The molecule has 0 aliphatic carbocycles. The topological polar surface area (TPSA) is 55.1 Å². The molecule has 0 saturated heterocycles. The maximum atomic E-state index is 11.0. The average molecular weight is 254 g/mol. The zero-order chi connectivity index (χ0) is 13.8. The smallest absolute Gasteiger partial charge is 0.248 e. The lowest BCUT2D eigenvalue weighted by molar-refractivity contribution is 0.100. The first-order valence-electron chi connectivity index (χ1n) is 6.26. The molecule has 0 aromatic heterocycles. The van der Waals surface area contributed by atoms with Crippen LogP contribution in [-0.4, -0.2) is 5.91 Å². The Kier molecular flexibility index (Phi) is 3.85. The van der Waals surface area contributed by atoms with Crippen molar-refractivity contribution in [3.05, 3.63) is 64.7 Å². The molecule has 0 atom stereocenters. The van der Waals surface area contributed by atoms with Gasteiger partial charge in [-0.2, -0.15) is 0 Å². The van der Waals surface area contributed by atoms with Crippen molar-refractivity contribution < 1.29 is 4.79 Å². The molecule has 0 bridgehead atoms. The first kappa shape index (κ1) is 13.1. The first-order chi connectivity index (χ1) is 9.06. The van der Waals surface area contributed by atoms with E-state index < -0.39 is 5.91 Å². The number of nitrogens with one attached hydrogen (secondary N) is 1. The summed E-state index contributed by atoms with van der Waals surface area (Å²) in [4.78, 5) is 11.0. The van der Waals surface area contributed by atoms with Crippen LogP contribution in [0.4, 0.5) is 5.69 Å². The second-order valence-electron chi connectivity index (χ2n) is 4.71. The van der Waals surface area contributed by atoms with Gasteiger partial charge in [0.05, 0.1) is 0 Å². The lowest BCUT2D eigenvalue weighted by Gasteiger charge is -2.09. The number of carbonyl (C=O) groups excluding carboxylic acids is 1. The molecule has 0 fully saturated rings. The van der Waals surface area contributed by atoms with E-state index in [1.165, 1.54) is 16.7 Å². The van der Waals surface area contributed by atoms with E-state index in [0.717, 1.165) is 12.2 Å². The van der Waals surface area contributed by atoms with Gasteiger partial charge in [0.25, 0.3) is 0 Å². The molecule has 98 valence electrons. The van der Waals surface area contributed by atoms with Gasteiger partial charge in [0.15, 0.2) is 0 Å². The number of amides is 1. The number of primary amides is 1. The highest BCUT2D eigenvalue weighted by Gasteiger charge is 2.00. The van der Waals surface area contributed by atoms with Crippen molar-refractivity contribution in [1.82, 2.24) is 0 Å². The van der Waals surface area contributed by atoms with Gasteiger partial charge in [-0.05, 0) is 54.8 Å². The molecule has 2 rings (SSSR count). The zero-order valence-electron chi connectivity index (χ0n) is 11.2. The van der Waals surface area contributed by atoms with Crippen LogP contribution in [0, 0.1) is 13.8 Å². The van der Waals surface area contributed by atoms with Gasteiger partial charge in [0.2, 0.25) is 5.91 Å². The Morgan fingerprint density at radius 2 is 1.74 bits per heavy atom. The van der Waals surface area contributed by atoms with Gasteiger partial charge >= 0.3 is 0 Å². The van der Waals surface area contributed by atoms with Gasteiger partial charge in [-0.25, -0.2) is 0 Å². The minimum absolute atomic E-state index is 0.402. The van der Waals surface area contributed by atoms with E-state index in [1.807, 2.05) is 12.1 Å². The van der Waals surface area contributed by atoms with E-state index in [4.69, 9.17) is 5.73 Å². The van der Waals surface area contributed by atoms with Crippen molar-refractivity contribution in [3.8, 4) is 0 Å². The fourth-order valence-electron chi connectivity index (χ4n) is 1.87. The van der Waals surface area contributed by atoms with Crippen molar-refractivity contribution in [3.63, 3.8) is 0 Å². The molecule has 0 spiro atoms. The van der Waals surface area contributed by atoms with Crippen molar-refractivity contribution in [2.75, 3.05) is 5.32 Å². The number of anilines is 1. The molecule has 2 aromatic carbocycles. The summed E-state index contributed by atoms with van der Waals surface area (Å²) in [6.45, 7) is 4.98. The molecule has 0 aliphatic heterocycles. The molecule has 1 amide bonds. The summed E-state index contributed by atoms with van der Waals surface area (Å²) in [5.41, 5.74) is 10.5. The molecule has 3 nitrogen and oxygen atoms in total. The van der Waals surface area contributed by atoms with Crippen LogP contribution in [0.2, 0.25) is 0 Å². The van der Waals surface area contributed by atoms with Crippen molar-refractivity contribution in [2.24, 2.45) is 5.73 Å². The van der Waals surface area contributed by atoms with Crippen LogP contribution >= 0.6 is 0 Å². The predicted octanol–water partition coefficient (Wildman–Crippen LogP) is 3.01. The molecule has 0 unspecified atom stereocenters. The maximum absolute atomic E-state index is 11.0. The molecule has 0 saturated carbocycles. The molecule has 0 radical (unpaired) electrons. The normalized spacial score (nSPS) is 10.2. The summed E-state index contributed by atoms with van der Waals surface area (Å²) >= 11 is 0. The highest BCUT2D eigenvalue weighted by Crippen LogP contribution is 2.13. The van der Waals surface area contributed by atoms with E-state index in [1.54, 1.807) is 12.1 Å². The summed E-state index contributed by atoms with van der Waals surface area (Å²) in [7, 11) is 0. The van der Waals surface area contributed by atoms with Gasteiger partial charge in [0.1, 0.15) is 0 Å². The molecule has 19 heavy (non-hydrogen) atoms. The third kappa shape index (κ3) is 3.35. The number of hydrogen-bond donors (Lipinski definition) is 2. The van der Waals surface area contributed by atoms with Gasteiger partial charge in [-0.15, -0.1) is 0 Å². The van der Waals surface area contributed by atoms with E-state index in [2.05, 4.69) is 37.4 Å². The molecular formula is C16H18N2O. The van der Waals surface area contributed by atoms with Crippen molar-refractivity contribution in [2.45, 2.75) is 20.4 Å². The SMILES string of the molecule is Cc1ccc(CNc2ccc(C(N)=O)cc2)cc1C. The third-order valence-electron chi connectivity index (χ3n) is 3.24. The highest BCUT2D eigenvalue weighted by molar-refractivity contribution is 5.93.